The molecule has 0 aromatic heterocycles. The molecule has 1 heterocycles. The van der Waals surface area contributed by atoms with Crippen molar-refractivity contribution >= 4 is 5.69 Å². The molecule has 1 N–H and O–H groups in total. The van der Waals surface area contributed by atoms with E-state index in [2.05, 4.69) is 17.1 Å². The summed E-state index contributed by atoms with van der Waals surface area (Å²) in [6.07, 6.45) is 3.44. The van der Waals surface area contributed by atoms with E-state index < -0.39 is 17.5 Å². The number of benzene rings is 1. The van der Waals surface area contributed by atoms with Gasteiger partial charge in [0.1, 0.15) is 0 Å². The van der Waals surface area contributed by atoms with Crippen LogP contribution < -0.4 is 5.32 Å². The molecule has 3 rings (SSSR count). The van der Waals surface area contributed by atoms with Crippen molar-refractivity contribution in [2.45, 2.75) is 44.3 Å². The fourth-order valence-electron chi connectivity index (χ4n) is 2.95. The number of anilines is 1. The second-order valence-corrected chi connectivity index (χ2v) is 5.61. The summed E-state index contributed by atoms with van der Waals surface area (Å²) in [6.45, 7) is 3.05. The minimum Gasteiger partial charge on any atom is -0.381 e. The molecule has 2 atom stereocenters. The van der Waals surface area contributed by atoms with E-state index in [0.717, 1.165) is 25.1 Å². The highest BCUT2D eigenvalue weighted by atomic mass is 19.2. The number of nitrogens with one attached hydrogen (secondary N) is 1. The SMILES string of the molecule is CC1CC(Nc2cc(F)c(F)c(F)c2)CN1C1CC1. The maximum atomic E-state index is 13.1. The predicted octanol–water partition coefficient (Wildman–Crippen LogP) is 3.14. The standard InChI is InChI=1S/C14H17F3N2/c1-8-4-10(7-19(8)11-2-3-11)18-9-5-12(15)14(17)13(16)6-9/h5-6,8,10-11,18H,2-4,7H2,1H3. The molecule has 2 aliphatic rings. The summed E-state index contributed by atoms with van der Waals surface area (Å²) >= 11 is 0. The van der Waals surface area contributed by atoms with Gasteiger partial charge in [-0.3, -0.25) is 4.90 Å². The number of nitrogens with zero attached hydrogens (tertiary/aromatic N) is 1. The smallest absolute Gasteiger partial charge is 0.194 e. The third kappa shape index (κ3) is 2.56. The molecule has 0 bridgehead atoms. The third-order valence-corrected chi connectivity index (χ3v) is 3.99. The summed E-state index contributed by atoms with van der Waals surface area (Å²) in [5.41, 5.74) is 0.311. The lowest BCUT2D eigenvalue weighted by atomic mass is 10.2. The highest BCUT2D eigenvalue weighted by molar-refractivity contribution is 5.45. The molecule has 1 saturated heterocycles. The number of hydrogen-bond donors (Lipinski definition) is 1. The fourth-order valence-corrected chi connectivity index (χ4v) is 2.95. The Morgan fingerprint density at radius 2 is 1.79 bits per heavy atom. The molecular weight excluding hydrogens is 253 g/mol. The average molecular weight is 270 g/mol. The van der Waals surface area contributed by atoms with E-state index in [1.165, 1.54) is 12.8 Å². The van der Waals surface area contributed by atoms with Crippen molar-refractivity contribution in [2.75, 3.05) is 11.9 Å². The Bertz CT molecular complexity index is 465. The first-order valence-electron chi connectivity index (χ1n) is 6.71. The zero-order chi connectivity index (χ0) is 13.6. The van der Waals surface area contributed by atoms with Crippen LogP contribution in [0.25, 0.3) is 0 Å². The van der Waals surface area contributed by atoms with Crippen molar-refractivity contribution in [2.24, 2.45) is 0 Å². The van der Waals surface area contributed by atoms with Crippen LogP contribution in [0.5, 0.6) is 0 Å². The maximum absolute atomic E-state index is 13.1. The van der Waals surface area contributed by atoms with Gasteiger partial charge < -0.3 is 5.32 Å². The summed E-state index contributed by atoms with van der Waals surface area (Å²) < 4.78 is 39.2. The van der Waals surface area contributed by atoms with Crippen molar-refractivity contribution in [1.82, 2.24) is 4.90 Å². The minimum absolute atomic E-state index is 0.167. The van der Waals surface area contributed by atoms with Gasteiger partial charge in [0.15, 0.2) is 17.5 Å². The molecule has 1 aliphatic carbocycles. The van der Waals surface area contributed by atoms with Gasteiger partial charge in [-0.25, -0.2) is 13.2 Å². The average Bonchev–Trinajstić information content (AvgIpc) is 3.11. The lowest BCUT2D eigenvalue weighted by Crippen LogP contribution is -2.31. The van der Waals surface area contributed by atoms with E-state index in [9.17, 15) is 13.2 Å². The molecule has 2 nitrogen and oxygen atoms in total. The van der Waals surface area contributed by atoms with Crippen LogP contribution in [0.15, 0.2) is 12.1 Å². The van der Waals surface area contributed by atoms with Gasteiger partial charge in [-0.15, -0.1) is 0 Å². The molecule has 0 radical (unpaired) electrons. The second kappa shape index (κ2) is 4.71. The number of halogens is 3. The van der Waals surface area contributed by atoms with Crippen LogP contribution in [-0.4, -0.2) is 29.6 Å². The molecular formula is C14H17F3N2. The number of hydrogen-bond acceptors (Lipinski definition) is 2. The van der Waals surface area contributed by atoms with Crippen molar-refractivity contribution < 1.29 is 13.2 Å². The molecule has 1 aromatic rings. The van der Waals surface area contributed by atoms with E-state index in [4.69, 9.17) is 0 Å². The molecule has 2 fully saturated rings. The van der Waals surface area contributed by atoms with Gasteiger partial charge in [-0.1, -0.05) is 0 Å². The van der Waals surface area contributed by atoms with Crippen LogP contribution in [-0.2, 0) is 0 Å². The first kappa shape index (κ1) is 12.8. The van der Waals surface area contributed by atoms with Crippen molar-refractivity contribution in [3.63, 3.8) is 0 Å². The highest BCUT2D eigenvalue weighted by Crippen LogP contribution is 2.34. The Kier molecular flexibility index (Phi) is 3.17. The van der Waals surface area contributed by atoms with Gasteiger partial charge in [0.25, 0.3) is 0 Å². The Balaban J connectivity index is 1.69. The van der Waals surface area contributed by atoms with Gasteiger partial charge >= 0.3 is 0 Å². The maximum Gasteiger partial charge on any atom is 0.194 e. The first-order valence-corrected chi connectivity index (χ1v) is 6.71. The molecule has 19 heavy (non-hydrogen) atoms. The van der Waals surface area contributed by atoms with Crippen LogP contribution in [0.1, 0.15) is 26.2 Å². The Labute approximate surface area is 110 Å². The first-order chi connectivity index (χ1) is 9.04. The lowest BCUT2D eigenvalue weighted by molar-refractivity contribution is 0.257. The molecule has 0 amide bonds. The zero-order valence-corrected chi connectivity index (χ0v) is 10.8. The van der Waals surface area contributed by atoms with Crippen LogP contribution in [0.3, 0.4) is 0 Å². The Morgan fingerprint density at radius 3 is 2.37 bits per heavy atom. The monoisotopic (exact) mass is 270 g/mol. The fraction of sp³-hybridized carbons (Fsp3) is 0.571. The summed E-state index contributed by atoms with van der Waals surface area (Å²) in [7, 11) is 0. The highest BCUT2D eigenvalue weighted by Gasteiger charge is 2.38. The van der Waals surface area contributed by atoms with Gasteiger partial charge in [-0.05, 0) is 26.2 Å². The Hall–Kier alpha value is -1.23. The van der Waals surface area contributed by atoms with E-state index >= 15 is 0 Å². The quantitative estimate of drug-likeness (QED) is 0.849. The van der Waals surface area contributed by atoms with Crippen molar-refractivity contribution in [3.05, 3.63) is 29.6 Å². The summed E-state index contributed by atoms with van der Waals surface area (Å²) in [6, 6.07) is 3.37. The van der Waals surface area contributed by atoms with Crippen LogP contribution >= 0.6 is 0 Å². The minimum atomic E-state index is -1.41. The molecule has 1 aromatic carbocycles. The Morgan fingerprint density at radius 1 is 1.16 bits per heavy atom. The summed E-state index contributed by atoms with van der Waals surface area (Å²) in [4.78, 5) is 2.44. The molecule has 1 saturated carbocycles. The largest absolute Gasteiger partial charge is 0.381 e. The van der Waals surface area contributed by atoms with Gasteiger partial charge in [0.2, 0.25) is 0 Å². The van der Waals surface area contributed by atoms with E-state index in [1.54, 1.807) is 0 Å². The number of likely N-dealkylation sites (tertiary alicyclic amines) is 1. The van der Waals surface area contributed by atoms with Crippen LogP contribution in [0.4, 0.5) is 18.9 Å². The van der Waals surface area contributed by atoms with Gasteiger partial charge in [-0.2, -0.15) is 0 Å². The van der Waals surface area contributed by atoms with E-state index in [1.807, 2.05) is 0 Å². The molecule has 0 spiro atoms. The van der Waals surface area contributed by atoms with Gasteiger partial charge in [0, 0.05) is 42.5 Å². The second-order valence-electron chi connectivity index (χ2n) is 5.61. The van der Waals surface area contributed by atoms with Gasteiger partial charge in [0.05, 0.1) is 0 Å². The number of rotatable bonds is 3. The van der Waals surface area contributed by atoms with Crippen molar-refractivity contribution in [1.29, 1.82) is 0 Å². The van der Waals surface area contributed by atoms with E-state index in [0.29, 0.717) is 17.8 Å². The molecule has 104 valence electrons. The molecule has 1 aliphatic heterocycles. The molecule has 2 unspecified atom stereocenters. The van der Waals surface area contributed by atoms with Crippen molar-refractivity contribution in [3.8, 4) is 0 Å². The molecule has 5 heteroatoms. The summed E-state index contributed by atoms with van der Waals surface area (Å²) in [5.74, 6) is -3.70. The predicted molar refractivity (Wildman–Crippen MR) is 67.5 cm³/mol. The van der Waals surface area contributed by atoms with Crippen LogP contribution in [0, 0.1) is 17.5 Å². The normalized spacial score (nSPS) is 27.8. The van der Waals surface area contributed by atoms with Crippen LogP contribution in [0.2, 0.25) is 0 Å². The zero-order valence-electron chi connectivity index (χ0n) is 10.8. The topological polar surface area (TPSA) is 15.3 Å². The van der Waals surface area contributed by atoms with E-state index in [-0.39, 0.29) is 6.04 Å². The third-order valence-electron chi connectivity index (χ3n) is 3.99. The lowest BCUT2D eigenvalue weighted by Gasteiger charge is -2.20. The summed E-state index contributed by atoms with van der Waals surface area (Å²) in [5, 5.41) is 3.10.